The highest BCUT2D eigenvalue weighted by molar-refractivity contribution is 7.86. The smallest absolute Gasteiger partial charge is 0.305 e. The summed E-state index contributed by atoms with van der Waals surface area (Å²) in [6.45, 7) is 12.6. The lowest BCUT2D eigenvalue weighted by Crippen LogP contribution is -2.61. The molecule has 11 saturated heterocycles. The van der Waals surface area contributed by atoms with E-state index >= 15 is 0 Å². The van der Waals surface area contributed by atoms with Crippen molar-refractivity contribution in [3.8, 4) is 0 Å². The molecule has 53 heteroatoms. The maximum absolute atomic E-state index is 12.0. The average molecular weight is 1830 g/mol. The molecule has 6 bridgehead atoms. The van der Waals surface area contributed by atoms with E-state index in [1.54, 1.807) is 32.9 Å². The number of hydrogen-bond donors (Lipinski definition) is 24. The Morgan fingerprint density at radius 2 is 0.613 bits per heavy atom. The summed E-state index contributed by atoms with van der Waals surface area (Å²) in [6.07, 6.45) is -45.9. The van der Waals surface area contributed by atoms with Crippen LogP contribution in [-0.4, -0.2) is 458 Å². The third kappa shape index (κ3) is 29.8. The lowest BCUT2D eigenvalue weighted by Gasteiger charge is -2.43. The standard InChI is InChI=1S/C15H22O9.C13H18O8S.C12H16O8.C7H14O5.2C6H12O6.2C6H10O5/c1-6-11-12(20-7(2)16)13(21-8(3)17)14(22-9(4)18)15(24-11)23-10(5)19;1-7-2-4-8(5-3-7)22(18,19)20-6-9-10(14)11(15)12(16)13(17)21-9;1-5(13)17-9-8-4-16-12(20-8)11(19-7(3)15)10(9)18-6(2)14;1-2-3-4(8)5(9)6(10)7(11)12-3;2*7-1-2-3(8)4(9)5(10)6(11)12-2;2*7-3-2-1-10-6(11-2)5(9)4(3)8/h11-15H,6H2,1-5H3;2-5,9-17H,6H2,1H3;8-12H,4H2,1-3H3;3-11H,2H2,1H3;2*2-11H,1H2;2*2-9H,1H2. The first kappa shape index (κ1) is 109. The van der Waals surface area contributed by atoms with Gasteiger partial charge in [-0.05, 0) is 31.9 Å². The molecule has 0 amide bonds. The normalized spacial score (nSPS) is 41.5. The predicted molar refractivity (Wildman–Crippen MR) is 388 cm³/mol. The van der Waals surface area contributed by atoms with Crippen molar-refractivity contribution in [1.29, 1.82) is 0 Å². The van der Waals surface area contributed by atoms with Gasteiger partial charge < -0.3 is 208 Å². The van der Waals surface area contributed by atoms with Gasteiger partial charge >= 0.3 is 41.8 Å². The number of benzene rings is 1. The fourth-order valence-electron chi connectivity index (χ4n) is 12.9. The predicted octanol–water partition coefficient (Wildman–Crippen LogP) is -14.1. The zero-order valence-electron chi connectivity index (χ0n) is 68.1. The van der Waals surface area contributed by atoms with Gasteiger partial charge in [-0.2, -0.15) is 8.42 Å². The minimum Gasteiger partial charge on any atom is -0.456 e. The molecule has 11 fully saturated rings. The molecule has 0 radical (unpaired) electrons. The van der Waals surface area contributed by atoms with E-state index in [0.717, 1.165) is 26.3 Å². The molecular weight excluding hydrogens is 1720 g/mol. The molecule has 124 heavy (non-hydrogen) atoms. The van der Waals surface area contributed by atoms with Crippen molar-refractivity contribution < 1.29 is 254 Å². The number of aliphatic hydroxyl groups is 24. The minimum atomic E-state index is -4.07. The largest absolute Gasteiger partial charge is 0.456 e. The van der Waals surface area contributed by atoms with Gasteiger partial charge in [0.05, 0.1) is 50.6 Å². The lowest BCUT2D eigenvalue weighted by atomic mass is 9.96. The SMILES string of the molecule is CC(=O)OC1C2COC(O2)C(OC(C)=O)C1OC(C)=O.CCC1OC(O)C(O)C(O)C1O.CCC1OC(OC(C)=O)C(OC(C)=O)C(OC(C)=O)C1OC(C)=O.Cc1ccc(S(=O)(=O)OCC2OC(O)C(O)C(O)C2O)cc1.OC1C2COC(O2)C(O)C1O.OC1C2COC(O2)C(O)C1O.OCC1OC(O)C(O)C(O)C1O.OCC1OC(O)C(O)C(O)C1O. The van der Waals surface area contributed by atoms with Crippen LogP contribution in [0.25, 0.3) is 0 Å². The van der Waals surface area contributed by atoms with Gasteiger partial charge in [0.25, 0.3) is 10.1 Å². The Kier molecular flexibility index (Phi) is 43.5. The molecule has 11 heterocycles. The van der Waals surface area contributed by atoms with Gasteiger partial charge in [-0.3, -0.25) is 37.7 Å². The second kappa shape index (κ2) is 49.7. The molecule has 12 rings (SSSR count). The van der Waals surface area contributed by atoms with E-state index in [-0.39, 0.29) is 24.7 Å². The van der Waals surface area contributed by atoms with Crippen molar-refractivity contribution in [2.24, 2.45) is 0 Å². The topological polar surface area (TPSA) is 815 Å². The molecule has 0 aliphatic carbocycles. The van der Waals surface area contributed by atoms with Crippen LogP contribution in [0.3, 0.4) is 0 Å². The molecule has 1 aromatic rings. The van der Waals surface area contributed by atoms with Gasteiger partial charge in [-0.25, -0.2) is 0 Å². The van der Waals surface area contributed by atoms with Crippen molar-refractivity contribution >= 4 is 51.9 Å². The first-order valence-electron chi connectivity index (χ1n) is 38.3. The van der Waals surface area contributed by atoms with Crippen molar-refractivity contribution in [3.05, 3.63) is 29.8 Å². The van der Waals surface area contributed by atoms with Crippen LogP contribution in [0.2, 0.25) is 0 Å². The summed E-state index contributed by atoms with van der Waals surface area (Å²) in [7, 11) is -4.07. The van der Waals surface area contributed by atoms with E-state index in [0.29, 0.717) is 12.8 Å². The third-order valence-electron chi connectivity index (χ3n) is 19.5. The van der Waals surface area contributed by atoms with E-state index in [4.69, 9.17) is 151 Å². The average Bonchev–Trinajstić information content (AvgIpc) is 1.47. The highest BCUT2D eigenvalue weighted by atomic mass is 32.2. The molecule has 52 nitrogen and oxygen atoms in total. The van der Waals surface area contributed by atoms with E-state index in [2.05, 4.69) is 9.47 Å². The molecule has 40 unspecified atom stereocenters. The van der Waals surface area contributed by atoms with Crippen molar-refractivity contribution in [1.82, 2.24) is 0 Å². The van der Waals surface area contributed by atoms with Crippen LogP contribution < -0.4 is 0 Å². The monoisotopic (exact) mass is 1830 g/mol. The zero-order valence-corrected chi connectivity index (χ0v) is 68.9. The minimum absolute atomic E-state index is 0.0652. The number of ether oxygens (including phenoxy) is 18. The molecule has 1 aromatic carbocycles. The van der Waals surface area contributed by atoms with Gasteiger partial charge in [0.15, 0.2) is 74.6 Å². The van der Waals surface area contributed by atoms with Crippen LogP contribution in [0, 0.1) is 6.92 Å². The number of hydrogen-bond acceptors (Lipinski definition) is 52. The number of carbonyl (C=O) groups is 7. The molecule has 40 atom stereocenters. The fraction of sp³-hybridized carbons (Fsp3) is 0.817. The summed E-state index contributed by atoms with van der Waals surface area (Å²) in [5.41, 5.74) is 0.880. The number of fused-ring (bicyclic) bond motifs is 6. The number of rotatable bonds is 15. The van der Waals surface area contributed by atoms with E-state index < -0.39 is 317 Å². The van der Waals surface area contributed by atoms with Gasteiger partial charge in [0, 0.05) is 48.5 Å². The van der Waals surface area contributed by atoms with Gasteiger partial charge in [0.2, 0.25) is 12.4 Å². The first-order valence-corrected chi connectivity index (χ1v) is 39.7. The number of esters is 7. The highest BCUT2D eigenvalue weighted by Gasteiger charge is 2.58. The Hall–Kier alpha value is -5.98. The molecule has 0 saturated carbocycles. The van der Waals surface area contributed by atoms with Crippen LogP contribution >= 0.6 is 0 Å². The van der Waals surface area contributed by atoms with Crippen molar-refractivity contribution in [3.63, 3.8) is 0 Å². The van der Waals surface area contributed by atoms with E-state index in [9.17, 15) is 93.0 Å². The molecule has 11 aliphatic heterocycles. The zero-order chi connectivity index (χ0) is 93.7. The number of aliphatic hydroxyl groups excluding tert-OH is 24. The molecule has 24 N–H and O–H groups in total. The maximum Gasteiger partial charge on any atom is 0.305 e. The maximum atomic E-state index is 12.0. The summed E-state index contributed by atoms with van der Waals surface area (Å²) in [5, 5.41) is 219. The van der Waals surface area contributed by atoms with Crippen LogP contribution in [0.15, 0.2) is 29.2 Å². The van der Waals surface area contributed by atoms with Crippen LogP contribution in [0.1, 0.15) is 80.7 Å². The van der Waals surface area contributed by atoms with Crippen LogP contribution in [-0.2, 0) is 133 Å². The van der Waals surface area contributed by atoms with Crippen molar-refractivity contribution in [2.45, 2.75) is 333 Å². The van der Waals surface area contributed by atoms with E-state index in [1.165, 1.54) is 39.8 Å². The molecule has 11 aliphatic rings. The second-order valence-corrected chi connectivity index (χ2v) is 30.7. The van der Waals surface area contributed by atoms with Gasteiger partial charge in [-0.15, -0.1) is 0 Å². The quantitative estimate of drug-likeness (QED) is 0.0440. The fourth-order valence-corrected chi connectivity index (χ4v) is 13.9. The third-order valence-corrected chi connectivity index (χ3v) is 20.8. The number of carbonyl (C=O) groups excluding carboxylic acids is 7. The molecule has 716 valence electrons. The lowest BCUT2D eigenvalue weighted by molar-refractivity contribution is -0.296. The molecule has 0 aromatic heterocycles. The Bertz CT molecular complexity index is 3370. The second-order valence-electron chi connectivity index (χ2n) is 29.0. The molecule has 0 spiro atoms. The summed E-state index contributed by atoms with van der Waals surface area (Å²) < 4.78 is 120. The first-order chi connectivity index (χ1) is 57.9. The van der Waals surface area contributed by atoms with Crippen molar-refractivity contribution in [2.75, 3.05) is 39.6 Å². The number of aryl methyl sites for hydroxylation is 1. The van der Waals surface area contributed by atoms with Crippen LogP contribution in [0.4, 0.5) is 0 Å². The summed E-state index contributed by atoms with van der Waals surface area (Å²) in [5.74, 6) is -4.37. The summed E-state index contributed by atoms with van der Waals surface area (Å²) >= 11 is 0. The summed E-state index contributed by atoms with van der Waals surface area (Å²) in [6, 6.07) is 5.95. The van der Waals surface area contributed by atoms with Gasteiger partial charge in [-0.1, -0.05) is 31.5 Å². The Balaban J connectivity index is 0.000000256. The summed E-state index contributed by atoms with van der Waals surface area (Å²) in [4.78, 5) is 79.0. The molecular formula is C71H114O52S. The van der Waals surface area contributed by atoms with Gasteiger partial charge in [0.1, 0.15) is 153 Å². The van der Waals surface area contributed by atoms with E-state index in [1.807, 2.05) is 0 Å². The Labute approximate surface area is 705 Å². The Morgan fingerprint density at radius 1 is 0.315 bits per heavy atom. The van der Waals surface area contributed by atoms with Crippen LogP contribution in [0.5, 0.6) is 0 Å². The Morgan fingerprint density at radius 3 is 0.992 bits per heavy atom. The highest BCUT2D eigenvalue weighted by Crippen LogP contribution is 2.36.